The average Bonchev–Trinajstić information content (AvgIpc) is 2.46. The van der Waals surface area contributed by atoms with Crippen LogP contribution in [0.1, 0.15) is 27.2 Å². The van der Waals surface area contributed by atoms with E-state index < -0.39 is 0 Å². The molecule has 0 saturated heterocycles. The Kier molecular flexibility index (Phi) is 4.26. The zero-order chi connectivity index (χ0) is 13.7. The zero-order valence-corrected chi connectivity index (χ0v) is 10.9. The van der Waals surface area contributed by atoms with Gasteiger partial charge >= 0.3 is 0 Å². The van der Waals surface area contributed by atoms with Gasteiger partial charge in [0.05, 0.1) is 0 Å². The lowest BCUT2D eigenvalue weighted by Crippen LogP contribution is -2.24. The van der Waals surface area contributed by atoms with Gasteiger partial charge in [0.15, 0.2) is 0 Å². The molecule has 4 nitrogen and oxygen atoms in total. The number of nitrogens with zero attached hydrogens (tertiary/aromatic N) is 1. The molecule has 0 bridgehead atoms. The summed E-state index contributed by atoms with van der Waals surface area (Å²) in [5, 5.41) is 2.86. The van der Waals surface area contributed by atoms with E-state index in [-0.39, 0.29) is 5.91 Å². The standard InChI is InChI=1S/C15H17N3O/c1-11-4-2-3-5-13(11)10-18-15(19)14-7-6-12(8-16)9-17-14/h2-7,9H,8,10,16H2,1H3,(H,18,19). The summed E-state index contributed by atoms with van der Waals surface area (Å²) in [5.41, 5.74) is 9.07. The van der Waals surface area contributed by atoms with Crippen molar-refractivity contribution in [2.24, 2.45) is 5.73 Å². The van der Waals surface area contributed by atoms with Crippen LogP contribution in [0.15, 0.2) is 42.6 Å². The monoisotopic (exact) mass is 255 g/mol. The van der Waals surface area contributed by atoms with Crippen LogP contribution in [0.3, 0.4) is 0 Å². The zero-order valence-electron chi connectivity index (χ0n) is 10.9. The molecule has 1 heterocycles. The molecule has 0 saturated carbocycles. The van der Waals surface area contributed by atoms with Crippen LogP contribution in [0.25, 0.3) is 0 Å². The number of aromatic nitrogens is 1. The molecule has 0 atom stereocenters. The van der Waals surface area contributed by atoms with Crippen LogP contribution >= 0.6 is 0 Å². The van der Waals surface area contributed by atoms with Gasteiger partial charge in [0.2, 0.25) is 0 Å². The van der Waals surface area contributed by atoms with Gasteiger partial charge in [0, 0.05) is 19.3 Å². The maximum atomic E-state index is 11.9. The minimum Gasteiger partial charge on any atom is -0.347 e. The maximum absolute atomic E-state index is 11.9. The van der Waals surface area contributed by atoms with E-state index in [9.17, 15) is 4.79 Å². The summed E-state index contributed by atoms with van der Waals surface area (Å²) in [6, 6.07) is 11.5. The third-order valence-corrected chi connectivity index (χ3v) is 2.99. The van der Waals surface area contributed by atoms with E-state index in [0.29, 0.717) is 18.8 Å². The second-order valence-corrected chi connectivity index (χ2v) is 4.36. The van der Waals surface area contributed by atoms with Crippen molar-refractivity contribution in [3.05, 3.63) is 65.0 Å². The number of hydrogen-bond donors (Lipinski definition) is 2. The van der Waals surface area contributed by atoms with E-state index in [4.69, 9.17) is 5.73 Å². The first kappa shape index (κ1) is 13.2. The lowest BCUT2D eigenvalue weighted by molar-refractivity contribution is 0.0946. The van der Waals surface area contributed by atoms with Crippen molar-refractivity contribution >= 4 is 5.91 Å². The van der Waals surface area contributed by atoms with Crippen LogP contribution in [0.4, 0.5) is 0 Å². The van der Waals surface area contributed by atoms with Gasteiger partial charge < -0.3 is 11.1 Å². The largest absolute Gasteiger partial charge is 0.347 e. The van der Waals surface area contributed by atoms with Crippen LogP contribution in [0.5, 0.6) is 0 Å². The third kappa shape index (κ3) is 3.39. The Bertz CT molecular complexity index is 564. The molecule has 0 aliphatic rings. The number of nitrogens with two attached hydrogens (primary N) is 1. The lowest BCUT2D eigenvalue weighted by atomic mass is 10.1. The van der Waals surface area contributed by atoms with Crippen molar-refractivity contribution in [2.75, 3.05) is 0 Å². The molecule has 3 N–H and O–H groups in total. The van der Waals surface area contributed by atoms with Crippen molar-refractivity contribution in [2.45, 2.75) is 20.0 Å². The van der Waals surface area contributed by atoms with Crippen molar-refractivity contribution in [1.82, 2.24) is 10.3 Å². The molecule has 0 aliphatic heterocycles. The first-order valence-corrected chi connectivity index (χ1v) is 6.18. The Labute approximate surface area is 112 Å². The molecule has 0 fully saturated rings. The minimum absolute atomic E-state index is 0.174. The van der Waals surface area contributed by atoms with E-state index in [0.717, 1.165) is 16.7 Å². The number of nitrogens with one attached hydrogen (secondary N) is 1. The Balaban J connectivity index is 1.99. The fraction of sp³-hybridized carbons (Fsp3) is 0.200. The van der Waals surface area contributed by atoms with E-state index >= 15 is 0 Å². The van der Waals surface area contributed by atoms with Crippen molar-refractivity contribution in [1.29, 1.82) is 0 Å². The molecule has 4 heteroatoms. The predicted octanol–water partition coefficient (Wildman–Crippen LogP) is 1.78. The molecule has 0 aliphatic carbocycles. The molecule has 98 valence electrons. The highest BCUT2D eigenvalue weighted by atomic mass is 16.1. The van der Waals surface area contributed by atoms with E-state index in [2.05, 4.69) is 10.3 Å². The molecule has 1 aromatic carbocycles. The fourth-order valence-corrected chi connectivity index (χ4v) is 1.75. The molecule has 19 heavy (non-hydrogen) atoms. The number of amides is 1. The number of carbonyl (C=O) groups excluding carboxylic acids is 1. The smallest absolute Gasteiger partial charge is 0.270 e. The van der Waals surface area contributed by atoms with Gasteiger partial charge in [0.25, 0.3) is 5.91 Å². The van der Waals surface area contributed by atoms with Crippen LogP contribution in [-0.2, 0) is 13.1 Å². The normalized spacial score (nSPS) is 10.2. The molecule has 1 amide bonds. The molecule has 1 aromatic heterocycles. The topological polar surface area (TPSA) is 68.0 Å². The molecule has 0 spiro atoms. The summed E-state index contributed by atoms with van der Waals surface area (Å²) in [6.07, 6.45) is 1.63. The summed E-state index contributed by atoms with van der Waals surface area (Å²) >= 11 is 0. The van der Waals surface area contributed by atoms with Crippen LogP contribution in [0, 0.1) is 6.92 Å². The molecular weight excluding hydrogens is 238 g/mol. The van der Waals surface area contributed by atoms with Crippen LogP contribution < -0.4 is 11.1 Å². The first-order chi connectivity index (χ1) is 9.20. The van der Waals surface area contributed by atoms with E-state index in [1.54, 1.807) is 12.3 Å². The number of rotatable bonds is 4. The highest BCUT2D eigenvalue weighted by Gasteiger charge is 2.07. The van der Waals surface area contributed by atoms with Crippen molar-refractivity contribution in [3.8, 4) is 0 Å². The predicted molar refractivity (Wildman–Crippen MR) is 74.5 cm³/mol. The molecular formula is C15H17N3O. The Morgan fingerprint density at radius 3 is 2.68 bits per heavy atom. The van der Waals surface area contributed by atoms with Gasteiger partial charge in [-0.3, -0.25) is 9.78 Å². The van der Waals surface area contributed by atoms with Gasteiger partial charge in [0.1, 0.15) is 5.69 Å². The average molecular weight is 255 g/mol. The summed E-state index contributed by atoms with van der Waals surface area (Å²) in [5.74, 6) is -0.174. The molecule has 0 radical (unpaired) electrons. The number of hydrogen-bond acceptors (Lipinski definition) is 3. The minimum atomic E-state index is -0.174. The number of pyridine rings is 1. The Morgan fingerprint density at radius 2 is 2.05 bits per heavy atom. The van der Waals surface area contributed by atoms with Gasteiger partial charge in [-0.15, -0.1) is 0 Å². The van der Waals surface area contributed by atoms with Gasteiger partial charge in [-0.05, 0) is 29.7 Å². The van der Waals surface area contributed by atoms with Gasteiger partial charge in [-0.2, -0.15) is 0 Å². The van der Waals surface area contributed by atoms with E-state index in [1.807, 2.05) is 37.3 Å². The van der Waals surface area contributed by atoms with E-state index in [1.165, 1.54) is 0 Å². The van der Waals surface area contributed by atoms with Crippen molar-refractivity contribution in [3.63, 3.8) is 0 Å². The summed E-state index contributed by atoms with van der Waals surface area (Å²) in [6.45, 7) is 2.96. The van der Waals surface area contributed by atoms with Crippen molar-refractivity contribution < 1.29 is 4.79 Å². The number of aryl methyl sites for hydroxylation is 1. The van der Waals surface area contributed by atoms with Gasteiger partial charge in [-0.25, -0.2) is 0 Å². The summed E-state index contributed by atoms with van der Waals surface area (Å²) in [4.78, 5) is 16.0. The number of carbonyl (C=O) groups is 1. The van der Waals surface area contributed by atoms with Crippen LogP contribution in [0.2, 0.25) is 0 Å². The molecule has 2 aromatic rings. The quantitative estimate of drug-likeness (QED) is 0.875. The second kappa shape index (κ2) is 6.11. The summed E-state index contributed by atoms with van der Waals surface area (Å²) in [7, 11) is 0. The lowest BCUT2D eigenvalue weighted by Gasteiger charge is -2.07. The third-order valence-electron chi connectivity index (χ3n) is 2.99. The molecule has 0 unspecified atom stereocenters. The second-order valence-electron chi connectivity index (χ2n) is 4.36. The SMILES string of the molecule is Cc1ccccc1CNC(=O)c1ccc(CN)cn1. The maximum Gasteiger partial charge on any atom is 0.270 e. The van der Waals surface area contributed by atoms with Gasteiger partial charge in [-0.1, -0.05) is 30.3 Å². The Hall–Kier alpha value is -2.20. The number of benzene rings is 1. The Morgan fingerprint density at radius 1 is 1.26 bits per heavy atom. The fourth-order valence-electron chi connectivity index (χ4n) is 1.75. The first-order valence-electron chi connectivity index (χ1n) is 6.18. The summed E-state index contributed by atoms with van der Waals surface area (Å²) < 4.78 is 0. The highest BCUT2D eigenvalue weighted by molar-refractivity contribution is 5.92. The van der Waals surface area contributed by atoms with Crippen LogP contribution in [-0.4, -0.2) is 10.9 Å². The highest BCUT2D eigenvalue weighted by Crippen LogP contribution is 2.06. The molecule has 2 rings (SSSR count).